The molecule has 0 spiro atoms. The van der Waals surface area contributed by atoms with Gasteiger partial charge < -0.3 is 10.3 Å². The lowest BCUT2D eigenvalue weighted by atomic mass is 10.1. The van der Waals surface area contributed by atoms with Gasteiger partial charge in [0.1, 0.15) is 0 Å². The number of aromatic amines is 1. The fourth-order valence-corrected chi connectivity index (χ4v) is 1.84. The number of hydrogen-bond donors (Lipinski definition) is 2. The first-order valence-electron chi connectivity index (χ1n) is 4.71. The van der Waals surface area contributed by atoms with Crippen LogP contribution in [0.3, 0.4) is 0 Å². The Balaban J connectivity index is 2.38. The Morgan fingerprint density at radius 1 is 1.43 bits per heavy atom. The Labute approximate surface area is 88.3 Å². The van der Waals surface area contributed by atoms with E-state index >= 15 is 0 Å². The van der Waals surface area contributed by atoms with E-state index in [0.29, 0.717) is 0 Å². The largest absolute Gasteiger partial charge is 0.361 e. The van der Waals surface area contributed by atoms with Gasteiger partial charge in [0.15, 0.2) is 0 Å². The Bertz CT molecular complexity index is 434. The van der Waals surface area contributed by atoms with Gasteiger partial charge in [-0.3, -0.25) is 0 Å². The van der Waals surface area contributed by atoms with Gasteiger partial charge in [0, 0.05) is 22.1 Å². The molecular formula is C11H13ClN2. The van der Waals surface area contributed by atoms with Crippen LogP contribution < -0.4 is 5.32 Å². The maximum atomic E-state index is 6.15. The number of likely N-dealkylation sites (N-methyl/N-ethyl adjacent to an activating group) is 1. The molecule has 0 saturated carbocycles. The summed E-state index contributed by atoms with van der Waals surface area (Å²) in [4.78, 5) is 3.18. The Hall–Kier alpha value is -0.990. The number of rotatable bonds is 3. The van der Waals surface area contributed by atoms with Crippen LogP contribution in [-0.2, 0) is 6.42 Å². The van der Waals surface area contributed by atoms with Crippen LogP contribution in [0.15, 0.2) is 24.4 Å². The second kappa shape index (κ2) is 4.03. The zero-order chi connectivity index (χ0) is 9.97. The number of hydrogen-bond acceptors (Lipinski definition) is 1. The van der Waals surface area contributed by atoms with Crippen molar-refractivity contribution in [1.29, 1.82) is 0 Å². The van der Waals surface area contributed by atoms with E-state index in [1.807, 2.05) is 25.4 Å². The minimum Gasteiger partial charge on any atom is -0.361 e. The summed E-state index contributed by atoms with van der Waals surface area (Å²) in [6.07, 6.45) is 2.90. The van der Waals surface area contributed by atoms with E-state index in [4.69, 9.17) is 11.6 Å². The van der Waals surface area contributed by atoms with E-state index in [9.17, 15) is 0 Å². The first-order valence-corrected chi connectivity index (χ1v) is 5.09. The minimum atomic E-state index is 0.854. The van der Waals surface area contributed by atoms with E-state index in [0.717, 1.165) is 23.5 Å². The van der Waals surface area contributed by atoms with E-state index in [2.05, 4.69) is 16.4 Å². The SMILES string of the molecule is CNCCc1cc2[nH]ccc2cc1Cl. The molecular weight excluding hydrogens is 196 g/mol. The summed E-state index contributed by atoms with van der Waals surface area (Å²) in [5, 5.41) is 5.14. The lowest BCUT2D eigenvalue weighted by molar-refractivity contribution is 0.792. The summed E-state index contributed by atoms with van der Waals surface area (Å²) in [5.74, 6) is 0. The molecule has 74 valence electrons. The molecule has 0 radical (unpaired) electrons. The topological polar surface area (TPSA) is 27.8 Å². The fraction of sp³-hybridized carbons (Fsp3) is 0.273. The predicted molar refractivity (Wildman–Crippen MR) is 60.9 cm³/mol. The van der Waals surface area contributed by atoms with Gasteiger partial charge in [-0.2, -0.15) is 0 Å². The van der Waals surface area contributed by atoms with Crippen LogP contribution in [0.2, 0.25) is 5.02 Å². The van der Waals surface area contributed by atoms with Gasteiger partial charge >= 0.3 is 0 Å². The first-order chi connectivity index (χ1) is 6.81. The molecule has 1 aromatic carbocycles. The van der Waals surface area contributed by atoms with E-state index in [1.165, 1.54) is 10.9 Å². The average molecular weight is 209 g/mol. The molecule has 0 atom stereocenters. The first kappa shape index (κ1) is 9.56. The predicted octanol–water partition coefficient (Wildman–Crippen LogP) is 2.58. The summed E-state index contributed by atoms with van der Waals surface area (Å²) in [5.41, 5.74) is 2.34. The number of fused-ring (bicyclic) bond motifs is 1. The van der Waals surface area contributed by atoms with Crippen LogP contribution >= 0.6 is 11.6 Å². The third-order valence-electron chi connectivity index (χ3n) is 2.36. The van der Waals surface area contributed by atoms with Gasteiger partial charge in [-0.1, -0.05) is 11.6 Å². The van der Waals surface area contributed by atoms with Crippen LogP contribution in [0.4, 0.5) is 0 Å². The number of nitrogens with one attached hydrogen (secondary N) is 2. The average Bonchev–Trinajstić information content (AvgIpc) is 2.61. The van der Waals surface area contributed by atoms with E-state index in [1.54, 1.807) is 0 Å². The van der Waals surface area contributed by atoms with Gasteiger partial charge in [-0.05, 0) is 43.8 Å². The van der Waals surface area contributed by atoms with Crippen LogP contribution in [0.1, 0.15) is 5.56 Å². The van der Waals surface area contributed by atoms with Crippen LogP contribution in [0, 0.1) is 0 Å². The lowest BCUT2D eigenvalue weighted by Gasteiger charge is -2.04. The number of aromatic nitrogens is 1. The van der Waals surface area contributed by atoms with Gasteiger partial charge in [-0.15, -0.1) is 0 Å². The zero-order valence-electron chi connectivity index (χ0n) is 8.10. The van der Waals surface area contributed by atoms with E-state index < -0.39 is 0 Å². The minimum absolute atomic E-state index is 0.854. The second-order valence-corrected chi connectivity index (χ2v) is 3.77. The molecule has 0 aliphatic carbocycles. The van der Waals surface area contributed by atoms with Gasteiger partial charge in [0.2, 0.25) is 0 Å². The van der Waals surface area contributed by atoms with Crippen molar-refractivity contribution < 1.29 is 0 Å². The Morgan fingerprint density at radius 2 is 2.29 bits per heavy atom. The van der Waals surface area contributed by atoms with E-state index in [-0.39, 0.29) is 0 Å². The van der Waals surface area contributed by atoms with Crippen molar-refractivity contribution in [3.05, 3.63) is 35.0 Å². The quantitative estimate of drug-likeness (QED) is 0.798. The zero-order valence-corrected chi connectivity index (χ0v) is 8.86. The van der Waals surface area contributed by atoms with Crippen LogP contribution in [-0.4, -0.2) is 18.6 Å². The summed E-state index contributed by atoms with van der Waals surface area (Å²) in [6, 6.07) is 6.16. The highest BCUT2D eigenvalue weighted by Gasteiger charge is 2.02. The van der Waals surface area contributed by atoms with Crippen molar-refractivity contribution in [2.75, 3.05) is 13.6 Å². The molecule has 1 heterocycles. The van der Waals surface area contributed by atoms with Crippen molar-refractivity contribution in [2.24, 2.45) is 0 Å². The molecule has 2 nitrogen and oxygen atoms in total. The summed E-state index contributed by atoms with van der Waals surface area (Å²) in [6.45, 7) is 0.950. The molecule has 0 aliphatic heterocycles. The fourth-order valence-electron chi connectivity index (χ4n) is 1.57. The summed E-state index contributed by atoms with van der Waals surface area (Å²) in [7, 11) is 1.95. The smallest absolute Gasteiger partial charge is 0.0457 e. The molecule has 0 amide bonds. The molecule has 2 rings (SSSR count). The molecule has 0 unspecified atom stereocenters. The maximum absolute atomic E-state index is 6.15. The molecule has 0 saturated heterocycles. The van der Waals surface area contributed by atoms with Crippen molar-refractivity contribution in [3.8, 4) is 0 Å². The number of H-pyrrole nitrogens is 1. The van der Waals surface area contributed by atoms with Gasteiger partial charge in [0.05, 0.1) is 0 Å². The van der Waals surface area contributed by atoms with Gasteiger partial charge in [0.25, 0.3) is 0 Å². The van der Waals surface area contributed by atoms with Crippen molar-refractivity contribution >= 4 is 22.5 Å². The second-order valence-electron chi connectivity index (χ2n) is 3.36. The van der Waals surface area contributed by atoms with Gasteiger partial charge in [-0.25, -0.2) is 0 Å². The standard InChI is InChI=1S/C11H13ClN2/c1-13-4-2-8-7-11-9(3-5-14-11)6-10(8)12/h3,5-7,13-14H,2,4H2,1H3. The monoisotopic (exact) mass is 208 g/mol. The highest BCUT2D eigenvalue weighted by molar-refractivity contribution is 6.32. The van der Waals surface area contributed by atoms with Crippen molar-refractivity contribution in [2.45, 2.75) is 6.42 Å². The Kier molecular flexibility index (Phi) is 2.75. The highest BCUT2D eigenvalue weighted by Crippen LogP contribution is 2.23. The van der Waals surface area contributed by atoms with Crippen LogP contribution in [0.25, 0.3) is 10.9 Å². The Morgan fingerprint density at radius 3 is 3.07 bits per heavy atom. The third-order valence-corrected chi connectivity index (χ3v) is 2.72. The molecule has 0 aliphatic rings. The lowest BCUT2D eigenvalue weighted by Crippen LogP contribution is -2.10. The normalized spacial score (nSPS) is 11.0. The summed E-state index contributed by atoms with van der Waals surface area (Å²) >= 11 is 6.15. The van der Waals surface area contributed by atoms with Crippen molar-refractivity contribution in [3.63, 3.8) is 0 Å². The third kappa shape index (κ3) is 1.76. The number of benzene rings is 1. The summed E-state index contributed by atoms with van der Waals surface area (Å²) < 4.78 is 0. The number of halogens is 1. The molecule has 0 bridgehead atoms. The molecule has 2 aromatic rings. The molecule has 1 aromatic heterocycles. The molecule has 3 heteroatoms. The van der Waals surface area contributed by atoms with Crippen LogP contribution in [0.5, 0.6) is 0 Å². The highest BCUT2D eigenvalue weighted by atomic mass is 35.5. The van der Waals surface area contributed by atoms with Crippen molar-refractivity contribution in [1.82, 2.24) is 10.3 Å². The maximum Gasteiger partial charge on any atom is 0.0457 e. The molecule has 0 fully saturated rings. The molecule has 2 N–H and O–H groups in total. The molecule has 14 heavy (non-hydrogen) atoms.